The minimum absolute atomic E-state index is 0.0785. The molecular weight excluding hydrogens is 444 g/mol. The van der Waals surface area contributed by atoms with E-state index in [2.05, 4.69) is 4.98 Å². The van der Waals surface area contributed by atoms with Crippen molar-refractivity contribution in [2.75, 3.05) is 26.2 Å². The van der Waals surface area contributed by atoms with E-state index in [0.717, 1.165) is 5.69 Å². The lowest BCUT2D eigenvalue weighted by atomic mass is 10.3. The molecule has 156 valence electrons. The summed E-state index contributed by atoms with van der Waals surface area (Å²) in [7, 11) is -3.72. The molecule has 1 aromatic heterocycles. The van der Waals surface area contributed by atoms with E-state index < -0.39 is 10.0 Å². The quantitative estimate of drug-likeness (QED) is 0.603. The Labute approximate surface area is 184 Å². The molecule has 4 rings (SSSR count). The maximum atomic E-state index is 13.1. The number of imidazole rings is 1. The molecule has 7 nitrogen and oxygen atoms in total. The van der Waals surface area contributed by atoms with Crippen molar-refractivity contribution in [2.45, 2.75) is 4.90 Å². The van der Waals surface area contributed by atoms with Gasteiger partial charge in [-0.15, -0.1) is 0 Å². The summed E-state index contributed by atoms with van der Waals surface area (Å²) in [4.78, 5) is 17.8. The van der Waals surface area contributed by atoms with Crippen molar-refractivity contribution in [2.24, 2.45) is 0 Å². The minimum Gasteiger partial charge on any atom is -0.336 e. The summed E-state index contributed by atoms with van der Waals surface area (Å²) in [6.45, 7) is 0.927. The molecular formula is C20H19ClN4O3S2. The smallest absolute Gasteiger partial charge is 0.272 e. The number of sulfonamides is 1. The normalized spacial score (nSPS) is 15.3. The maximum absolute atomic E-state index is 13.1. The molecule has 1 fully saturated rings. The van der Waals surface area contributed by atoms with Crippen LogP contribution >= 0.6 is 23.8 Å². The number of amides is 1. The van der Waals surface area contributed by atoms with E-state index in [4.69, 9.17) is 23.8 Å². The lowest BCUT2D eigenvalue weighted by Crippen LogP contribution is -2.50. The van der Waals surface area contributed by atoms with Gasteiger partial charge in [-0.3, -0.25) is 9.36 Å². The summed E-state index contributed by atoms with van der Waals surface area (Å²) in [5.41, 5.74) is 1.20. The number of nitrogens with zero attached hydrogens (tertiary/aromatic N) is 3. The summed E-state index contributed by atoms with van der Waals surface area (Å²) in [6.07, 6.45) is 1.59. The molecule has 1 aliphatic rings. The summed E-state index contributed by atoms with van der Waals surface area (Å²) in [5, 5.41) is 0.185. The fourth-order valence-electron chi connectivity index (χ4n) is 3.45. The number of hydrogen-bond donors (Lipinski definition) is 1. The van der Waals surface area contributed by atoms with E-state index in [1.165, 1.54) is 10.4 Å². The van der Waals surface area contributed by atoms with Crippen LogP contribution in [0, 0.1) is 4.77 Å². The number of carbonyl (C=O) groups is 1. The highest BCUT2D eigenvalue weighted by atomic mass is 35.5. The van der Waals surface area contributed by atoms with Gasteiger partial charge in [0.25, 0.3) is 5.91 Å². The number of halogens is 1. The molecule has 0 unspecified atom stereocenters. The van der Waals surface area contributed by atoms with Gasteiger partial charge in [-0.1, -0.05) is 41.9 Å². The number of aromatic nitrogens is 2. The Kier molecular flexibility index (Phi) is 5.79. The highest BCUT2D eigenvalue weighted by Gasteiger charge is 2.32. The predicted octanol–water partition coefficient (Wildman–Crippen LogP) is 3.33. The number of benzene rings is 2. The Morgan fingerprint density at radius 3 is 2.27 bits per heavy atom. The standard InChI is InChI=1S/C20H19ClN4O3S2/c21-16-8-4-5-9-18(16)30(27,28)24-12-10-23(11-13-24)19(26)17-14-22-20(29)25(17)15-6-2-1-3-7-15/h1-9,14H,10-13H2,(H,22,29). The van der Waals surface area contributed by atoms with Gasteiger partial charge in [0.05, 0.1) is 5.02 Å². The third-order valence-corrected chi connectivity index (χ3v) is 7.69. The van der Waals surface area contributed by atoms with Gasteiger partial charge < -0.3 is 9.88 Å². The van der Waals surface area contributed by atoms with E-state index >= 15 is 0 Å². The van der Waals surface area contributed by atoms with Crippen molar-refractivity contribution >= 4 is 39.7 Å². The number of rotatable bonds is 4. The number of piperazine rings is 1. The molecule has 1 aliphatic heterocycles. The maximum Gasteiger partial charge on any atom is 0.272 e. The molecule has 0 radical (unpaired) electrons. The largest absolute Gasteiger partial charge is 0.336 e. The van der Waals surface area contributed by atoms with E-state index in [9.17, 15) is 13.2 Å². The number of nitrogens with one attached hydrogen (secondary N) is 1. The first-order chi connectivity index (χ1) is 14.4. The molecule has 10 heteroatoms. The van der Waals surface area contributed by atoms with Gasteiger partial charge >= 0.3 is 0 Å². The molecule has 0 aliphatic carbocycles. The Hall–Kier alpha value is -2.46. The van der Waals surface area contributed by atoms with Gasteiger partial charge in [0, 0.05) is 38.1 Å². The Balaban J connectivity index is 1.53. The second-order valence-electron chi connectivity index (χ2n) is 6.78. The Morgan fingerprint density at radius 2 is 1.60 bits per heavy atom. The van der Waals surface area contributed by atoms with Crippen molar-refractivity contribution < 1.29 is 13.2 Å². The van der Waals surface area contributed by atoms with Crippen LogP contribution in [0.3, 0.4) is 0 Å². The fraction of sp³-hybridized carbons (Fsp3) is 0.200. The first-order valence-electron chi connectivity index (χ1n) is 9.29. The topological polar surface area (TPSA) is 78.4 Å². The van der Waals surface area contributed by atoms with Gasteiger partial charge in [-0.2, -0.15) is 4.31 Å². The average molecular weight is 463 g/mol. The molecule has 1 saturated heterocycles. The molecule has 2 heterocycles. The third-order valence-electron chi connectivity index (χ3n) is 4.99. The van der Waals surface area contributed by atoms with Crippen LogP contribution in [0.2, 0.25) is 5.02 Å². The first kappa shape index (κ1) is 20.8. The molecule has 0 saturated carbocycles. The van der Waals surface area contributed by atoms with Gasteiger partial charge in [0.15, 0.2) is 4.77 Å². The molecule has 30 heavy (non-hydrogen) atoms. The SMILES string of the molecule is O=C(c1c[nH]c(=S)n1-c1ccccc1)N1CCN(S(=O)(=O)c2ccccc2Cl)CC1. The number of hydrogen-bond acceptors (Lipinski definition) is 4. The van der Waals surface area contributed by atoms with Crippen molar-refractivity contribution in [1.29, 1.82) is 0 Å². The Bertz CT molecular complexity index is 1230. The monoisotopic (exact) mass is 462 g/mol. The van der Waals surface area contributed by atoms with Crippen molar-refractivity contribution in [3.63, 3.8) is 0 Å². The van der Waals surface area contributed by atoms with Crippen LogP contribution in [0.5, 0.6) is 0 Å². The van der Waals surface area contributed by atoms with E-state index in [0.29, 0.717) is 10.5 Å². The van der Waals surface area contributed by atoms with Crippen LogP contribution in [0.1, 0.15) is 10.5 Å². The molecule has 0 bridgehead atoms. The van der Waals surface area contributed by atoms with Crippen molar-refractivity contribution in [3.05, 3.63) is 76.3 Å². The van der Waals surface area contributed by atoms with Crippen LogP contribution in [0.15, 0.2) is 65.7 Å². The molecule has 3 aromatic rings. The molecule has 2 aromatic carbocycles. The fourth-order valence-corrected chi connectivity index (χ4v) is 5.62. The summed E-state index contributed by atoms with van der Waals surface area (Å²) in [6, 6.07) is 15.7. The van der Waals surface area contributed by atoms with Gasteiger partial charge in [0.1, 0.15) is 10.6 Å². The van der Waals surface area contributed by atoms with Gasteiger partial charge in [-0.05, 0) is 36.5 Å². The summed E-state index contributed by atoms with van der Waals surface area (Å²) in [5.74, 6) is -0.207. The molecule has 0 spiro atoms. The van der Waals surface area contributed by atoms with Crippen LogP contribution < -0.4 is 0 Å². The van der Waals surface area contributed by atoms with Gasteiger partial charge in [-0.25, -0.2) is 8.42 Å². The zero-order valence-electron chi connectivity index (χ0n) is 15.9. The van der Waals surface area contributed by atoms with E-state index in [1.807, 2.05) is 30.3 Å². The van der Waals surface area contributed by atoms with Crippen molar-refractivity contribution in [3.8, 4) is 5.69 Å². The zero-order chi connectivity index (χ0) is 21.3. The minimum atomic E-state index is -3.72. The van der Waals surface area contributed by atoms with E-state index in [1.54, 1.807) is 33.9 Å². The lowest BCUT2D eigenvalue weighted by molar-refractivity contribution is 0.0689. The molecule has 1 N–H and O–H groups in total. The van der Waals surface area contributed by atoms with Gasteiger partial charge in [0.2, 0.25) is 10.0 Å². The third kappa shape index (κ3) is 3.81. The van der Waals surface area contributed by atoms with Crippen LogP contribution in [-0.4, -0.2) is 59.3 Å². The van der Waals surface area contributed by atoms with Crippen LogP contribution in [0.25, 0.3) is 5.69 Å². The number of H-pyrrole nitrogens is 1. The highest BCUT2D eigenvalue weighted by Crippen LogP contribution is 2.25. The summed E-state index contributed by atoms with van der Waals surface area (Å²) < 4.78 is 29.3. The summed E-state index contributed by atoms with van der Waals surface area (Å²) >= 11 is 11.4. The zero-order valence-corrected chi connectivity index (χ0v) is 18.3. The second-order valence-corrected chi connectivity index (χ2v) is 9.48. The average Bonchev–Trinajstić information content (AvgIpc) is 3.15. The lowest BCUT2D eigenvalue weighted by Gasteiger charge is -2.34. The number of para-hydroxylation sites is 1. The van der Waals surface area contributed by atoms with E-state index in [-0.39, 0.29) is 42.0 Å². The first-order valence-corrected chi connectivity index (χ1v) is 11.5. The molecule has 0 atom stereocenters. The highest BCUT2D eigenvalue weighted by molar-refractivity contribution is 7.89. The van der Waals surface area contributed by atoms with Crippen molar-refractivity contribution in [1.82, 2.24) is 18.8 Å². The predicted molar refractivity (Wildman–Crippen MR) is 117 cm³/mol. The van der Waals surface area contributed by atoms with Crippen LogP contribution in [0.4, 0.5) is 0 Å². The number of aromatic amines is 1. The number of carbonyl (C=O) groups excluding carboxylic acids is 1. The Morgan fingerprint density at radius 1 is 0.967 bits per heavy atom. The second kappa shape index (κ2) is 8.35. The molecule has 1 amide bonds. The van der Waals surface area contributed by atoms with Crippen LogP contribution in [-0.2, 0) is 10.0 Å².